The lowest BCUT2D eigenvalue weighted by molar-refractivity contribution is -0.118. The van der Waals surface area contributed by atoms with Gasteiger partial charge in [0.15, 0.2) is 11.0 Å². The zero-order chi connectivity index (χ0) is 22.3. The summed E-state index contributed by atoms with van der Waals surface area (Å²) in [5.74, 6) is 1.40. The van der Waals surface area contributed by atoms with Crippen LogP contribution in [-0.2, 0) is 4.79 Å². The Kier molecular flexibility index (Phi) is 6.98. The number of ether oxygens (including phenoxy) is 1. The molecule has 0 aliphatic rings. The fourth-order valence-electron chi connectivity index (χ4n) is 2.95. The number of rotatable bonds is 8. The highest BCUT2D eigenvalue weighted by molar-refractivity contribution is 7.99. The summed E-state index contributed by atoms with van der Waals surface area (Å²) in [6, 6.07) is 21.4. The number of carbonyl (C=O) groups excluding carboxylic acids is 1. The summed E-state index contributed by atoms with van der Waals surface area (Å²) >= 11 is 2.88. The van der Waals surface area contributed by atoms with Crippen molar-refractivity contribution in [3.8, 4) is 22.8 Å². The van der Waals surface area contributed by atoms with Gasteiger partial charge < -0.3 is 4.74 Å². The van der Waals surface area contributed by atoms with E-state index in [0.717, 1.165) is 27.6 Å². The van der Waals surface area contributed by atoms with Crippen LogP contribution in [0.4, 0.5) is 0 Å². The lowest BCUT2D eigenvalue weighted by atomic mass is 10.2. The number of benzene rings is 2. The number of nitrogens with one attached hydrogen (secondary N) is 1. The predicted octanol–water partition coefficient (Wildman–Crippen LogP) is 4.64. The molecule has 7 nitrogen and oxygen atoms in total. The van der Waals surface area contributed by atoms with E-state index in [1.54, 1.807) is 18.4 Å². The van der Waals surface area contributed by atoms with Crippen molar-refractivity contribution in [3.63, 3.8) is 0 Å². The number of aromatic nitrogens is 3. The molecule has 4 rings (SSSR count). The van der Waals surface area contributed by atoms with Crippen molar-refractivity contribution in [1.82, 2.24) is 20.2 Å². The van der Waals surface area contributed by atoms with Crippen molar-refractivity contribution in [2.45, 2.75) is 12.1 Å². The first-order valence-electron chi connectivity index (χ1n) is 9.81. The minimum atomic E-state index is -0.212. The van der Waals surface area contributed by atoms with Crippen LogP contribution in [0.15, 0.2) is 82.4 Å². The van der Waals surface area contributed by atoms with Gasteiger partial charge in [-0.2, -0.15) is 5.10 Å². The Bertz CT molecular complexity index is 1200. The maximum atomic E-state index is 12.4. The maximum absolute atomic E-state index is 12.4. The highest BCUT2D eigenvalue weighted by Gasteiger charge is 2.17. The topological polar surface area (TPSA) is 81.4 Å². The number of amides is 1. The van der Waals surface area contributed by atoms with E-state index in [0.29, 0.717) is 11.0 Å². The number of carbonyl (C=O) groups is 1. The van der Waals surface area contributed by atoms with Crippen molar-refractivity contribution < 1.29 is 9.53 Å². The van der Waals surface area contributed by atoms with Crippen LogP contribution in [0.25, 0.3) is 17.1 Å². The fourth-order valence-corrected chi connectivity index (χ4v) is 4.37. The number of thiophene rings is 1. The molecule has 1 N–H and O–H groups in total. The van der Waals surface area contributed by atoms with Crippen LogP contribution in [0, 0.1) is 0 Å². The fraction of sp³-hybridized carbons (Fsp3) is 0.130. The summed E-state index contributed by atoms with van der Waals surface area (Å²) < 4.78 is 7.21. The van der Waals surface area contributed by atoms with Gasteiger partial charge in [-0.05, 0) is 42.6 Å². The second-order valence-electron chi connectivity index (χ2n) is 6.70. The van der Waals surface area contributed by atoms with E-state index in [2.05, 4.69) is 20.7 Å². The Morgan fingerprint density at radius 1 is 1.09 bits per heavy atom. The first-order valence-corrected chi connectivity index (χ1v) is 11.7. The molecule has 2 aromatic carbocycles. The Morgan fingerprint density at radius 3 is 2.56 bits per heavy atom. The molecule has 4 aromatic rings. The Labute approximate surface area is 194 Å². The summed E-state index contributed by atoms with van der Waals surface area (Å²) in [7, 11) is 1.63. The normalized spacial score (nSPS) is 11.4. The van der Waals surface area contributed by atoms with Crippen molar-refractivity contribution in [3.05, 3.63) is 77.0 Å². The van der Waals surface area contributed by atoms with E-state index in [-0.39, 0.29) is 11.7 Å². The molecule has 0 atom stereocenters. The minimum absolute atomic E-state index is 0.157. The highest BCUT2D eigenvalue weighted by Crippen LogP contribution is 2.28. The van der Waals surface area contributed by atoms with Gasteiger partial charge in [0.25, 0.3) is 5.91 Å². The molecule has 0 aliphatic carbocycles. The van der Waals surface area contributed by atoms with Crippen LogP contribution >= 0.6 is 23.1 Å². The van der Waals surface area contributed by atoms with Crippen molar-refractivity contribution >= 4 is 34.7 Å². The lowest BCUT2D eigenvalue weighted by Crippen LogP contribution is -2.21. The van der Waals surface area contributed by atoms with Crippen LogP contribution < -0.4 is 10.2 Å². The molecule has 162 valence electrons. The van der Waals surface area contributed by atoms with Gasteiger partial charge in [-0.15, -0.1) is 21.5 Å². The molecule has 32 heavy (non-hydrogen) atoms. The largest absolute Gasteiger partial charge is 0.497 e. The monoisotopic (exact) mass is 463 g/mol. The number of nitrogens with zero attached hydrogens (tertiary/aromatic N) is 4. The van der Waals surface area contributed by atoms with Gasteiger partial charge in [0.2, 0.25) is 0 Å². The number of thioether (sulfide) groups is 1. The molecule has 0 aliphatic heterocycles. The van der Waals surface area contributed by atoms with Gasteiger partial charge in [-0.3, -0.25) is 9.36 Å². The molecule has 0 bridgehead atoms. The summed E-state index contributed by atoms with van der Waals surface area (Å²) in [5, 5.41) is 15.5. The molecule has 0 radical (unpaired) electrons. The van der Waals surface area contributed by atoms with Crippen LogP contribution in [0.2, 0.25) is 0 Å². The Balaban J connectivity index is 1.55. The summed E-state index contributed by atoms with van der Waals surface area (Å²) in [5.41, 5.74) is 5.20. The van der Waals surface area contributed by atoms with Crippen LogP contribution in [0.3, 0.4) is 0 Å². The molecule has 0 unspecified atom stereocenters. The molecule has 2 aromatic heterocycles. The van der Waals surface area contributed by atoms with Gasteiger partial charge in [0.1, 0.15) is 5.75 Å². The van der Waals surface area contributed by atoms with Crippen LogP contribution in [0.5, 0.6) is 5.75 Å². The minimum Gasteiger partial charge on any atom is -0.497 e. The molecular weight excluding hydrogens is 442 g/mol. The first-order chi connectivity index (χ1) is 15.7. The summed E-state index contributed by atoms with van der Waals surface area (Å²) in [6.07, 6.45) is 0. The van der Waals surface area contributed by atoms with Gasteiger partial charge in [-0.25, -0.2) is 5.43 Å². The molecule has 0 saturated heterocycles. The van der Waals surface area contributed by atoms with E-state index in [1.165, 1.54) is 11.8 Å². The average Bonchev–Trinajstić information content (AvgIpc) is 3.52. The molecule has 0 saturated carbocycles. The third-order valence-corrected chi connectivity index (χ3v) is 6.46. The van der Waals surface area contributed by atoms with Gasteiger partial charge in [0, 0.05) is 16.1 Å². The number of hydrogen-bond acceptors (Lipinski definition) is 7. The molecule has 0 spiro atoms. The van der Waals surface area contributed by atoms with Crippen LogP contribution in [0.1, 0.15) is 11.8 Å². The average molecular weight is 464 g/mol. The Morgan fingerprint density at radius 2 is 1.88 bits per heavy atom. The number of hydrogen-bond donors (Lipinski definition) is 1. The Hall–Kier alpha value is -3.43. The second-order valence-corrected chi connectivity index (χ2v) is 8.59. The predicted molar refractivity (Wildman–Crippen MR) is 129 cm³/mol. The van der Waals surface area contributed by atoms with Crippen molar-refractivity contribution in [2.75, 3.05) is 12.9 Å². The van der Waals surface area contributed by atoms with Crippen LogP contribution in [-0.4, -0.2) is 39.2 Å². The third-order valence-electron chi connectivity index (χ3n) is 4.55. The molecule has 1 amide bonds. The van der Waals surface area contributed by atoms with E-state index in [4.69, 9.17) is 4.74 Å². The van der Waals surface area contributed by atoms with E-state index in [9.17, 15) is 4.79 Å². The SMILES string of the molecule is COc1ccc(-n2c(SCC(=O)N/N=C(\C)c3cccs3)nnc2-c2ccccc2)cc1. The maximum Gasteiger partial charge on any atom is 0.250 e. The summed E-state index contributed by atoms with van der Waals surface area (Å²) in [4.78, 5) is 13.4. The lowest BCUT2D eigenvalue weighted by Gasteiger charge is -2.11. The smallest absolute Gasteiger partial charge is 0.250 e. The van der Waals surface area contributed by atoms with Gasteiger partial charge >= 0.3 is 0 Å². The van der Waals surface area contributed by atoms with E-state index in [1.807, 2.05) is 83.6 Å². The standard InChI is InChI=1S/C23H21N5O2S2/c1-16(20-9-6-14-31-20)24-25-21(29)15-32-23-27-26-22(17-7-4-3-5-8-17)28(23)18-10-12-19(30-2)13-11-18/h3-14H,15H2,1-2H3,(H,25,29)/b24-16+. The number of methoxy groups -OCH3 is 1. The molecular formula is C23H21N5O2S2. The zero-order valence-corrected chi connectivity index (χ0v) is 19.2. The van der Waals surface area contributed by atoms with Gasteiger partial charge in [0.05, 0.1) is 18.6 Å². The highest BCUT2D eigenvalue weighted by atomic mass is 32.2. The second kappa shape index (κ2) is 10.3. The van der Waals surface area contributed by atoms with Crippen molar-refractivity contribution in [2.24, 2.45) is 5.10 Å². The van der Waals surface area contributed by atoms with Crippen molar-refractivity contribution in [1.29, 1.82) is 0 Å². The number of hydrazone groups is 1. The quantitative estimate of drug-likeness (QED) is 0.234. The molecule has 2 heterocycles. The third kappa shape index (κ3) is 5.06. The first kappa shape index (κ1) is 21.8. The zero-order valence-electron chi connectivity index (χ0n) is 17.6. The van der Waals surface area contributed by atoms with Gasteiger partial charge in [-0.1, -0.05) is 48.2 Å². The molecule has 9 heteroatoms. The molecule has 0 fully saturated rings. The summed E-state index contributed by atoms with van der Waals surface area (Å²) in [6.45, 7) is 1.87. The van der Waals surface area contributed by atoms with E-state index >= 15 is 0 Å². The van der Waals surface area contributed by atoms with E-state index < -0.39 is 0 Å².